The van der Waals surface area contributed by atoms with E-state index in [-0.39, 0.29) is 11.9 Å². The minimum atomic E-state index is -0.347. The standard InChI is InChI=1S/C32H29N2O4/c1-3-37-31(35)15-9-25-5-11-29(12-6-25)33-21-17-27(18-22-33)28-19-23-34(24-20-28)30-13-7-26(8-14-30)10-16-32(36)38-4-2/h5-19,21-24H,3-4H2,1-2H3/q+1/b15-9+,16-10+. The second-order valence-electron chi connectivity index (χ2n) is 8.26. The third-order valence-corrected chi connectivity index (χ3v) is 5.68. The molecule has 0 aliphatic heterocycles. The molecule has 0 N–H and O–H groups in total. The first-order chi connectivity index (χ1) is 18.6. The molecule has 6 heteroatoms. The van der Waals surface area contributed by atoms with Crippen molar-refractivity contribution in [3.8, 4) is 22.5 Å². The summed E-state index contributed by atoms with van der Waals surface area (Å²) in [6, 6.07) is 25.3. The largest absolute Gasteiger partial charge is 0.463 e. The summed E-state index contributed by atoms with van der Waals surface area (Å²) in [6.07, 6.45) is 14.3. The van der Waals surface area contributed by atoms with Crippen LogP contribution in [-0.2, 0) is 19.1 Å². The van der Waals surface area contributed by atoms with Crippen LogP contribution in [0.4, 0.5) is 0 Å². The van der Waals surface area contributed by atoms with Crippen molar-refractivity contribution in [2.24, 2.45) is 0 Å². The van der Waals surface area contributed by atoms with Gasteiger partial charge in [0.2, 0.25) is 11.4 Å². The van der Waals surface area contributed by atoms with Gasteiger partial charge in [0, 0.05) is 36.4 Å². The van der Waals surface area contributed by atoms with E-state index < -0.39 is 0 Å². The molecule has 38 heavy (non-hydrogen) atoms. The molecule has 0 saturated heterocycles. The van der Waals surface area contributed by atoms with Crippen molar-refractivity contribution in [2.75, 3.05) is 13.2 Å². The Morgan fingerprint density at radius 2 is 1.16 bits per heavy atom. The molecule has 4 rings (SSSR count). The lowest BCUT2D eigenvalue weighted by Crippen LogP contribution is -2.29. The monoisotopic (exact) mass is 505 g/mol. The number of aromatic nitrogens is 2. The highest BCUT2D eigenvalue weighted by molar-refractivity contribution is 5.87. The van der Waals surface area contributed by atoms with Crippen molar-refractivity contribution in [1.82, 2.24) is 0 Å². The smallest absolute Gasteiger partial charge is 0.330 e. The lowest BCUT2D eigenvalue weighted by atomic mass is 10.1. The minimum absolute atomic E-state index is 0.345. The number of carbonyl (C=O) groups is 2. The van der Waals surface area contributed by atoms with Crippen LogP contribution in [0.2, 0.25) is 0 Å². The van der Waals surface area contributed by atoms with E-state index in [2.05, 4.69) is 18.2 Å². The van der Waals surface area contributed by atoms with Crippen LogP contribution in [0.25, 0.3) is 34.7 Å². The first kappa shape index (κ1) is 26.2. The average molecular weight is 506 g/mol. The molecule has 2 heterocycles. The Kier molecular flexibility index (Phi) is 8.92. The summed E-state index contributed by atoms with van der Waals surface area (Å²) < 4.78 is 13.8. The first-order valence-corrected chi connectivity index (χ1v) is 12.4. The minimum Gasteiger partial charge on any atom is -0.463 e. The molecule has 0 fully saturated rings. The molecule has 0 aliphatic carbocycles. The van der Waals surface area contributed by atoms with Gasteiger partial charge in [0.1, 0.15) is 12.4 Å². The molecule has 6 nitrogen and oxygen atoms in total. The van der Waals surface area contributed by atoms with E-state index in [9.17, 15) is 9.59 Å². The molecule has 2 aromatic carbocycles. The Morgan fingerprint density at radius 3 is 1.61 bits per heavy atom. The van der Waals surface area contributed by atoms with E-state index in [1.54, 1.807) is 26.0 Å². The van der Waals surface area contributed by atoms with Crippen LogP contribution in [0, 0.1) is 6.07 Å². The summed E-state index contributed by atoms with van der Waals surface area (Å²) in [5.41, 5.74) is 5.90. The highest BCUT2D eigenvalue weighted by Gasteiger charge is 2.06. The maximum absolute atomic E-state index is 11.5. The van der Waals surface area contributed by atoms with E-state index in [4.69, 9.17) is 9.47 Å². The van der Waals surface area contributed by atoms with Gasteiger partial charge in [0.05, 0.1) is 13.2 Å². The summed E-state index contributed by atoms with van der Waals surface area (Å²) in [5, 5.41) is 0. The molecule has 0 amide bonds. The van der Waals surface area contributed by atoms with Crippen molar-refractivity contribution in [1.29, 1.82) is 0 Å². The normalized spacial score (nSPS) is 11.1. The van der Waals surface area contributed by atoms with E-state index >= 15 is 0 Å². The van der Waals surface area contributed by atoms with Gasteiger partial charge in [0.15, 0.2) is 12.4 Å². The van der Waals surface area contributed by atoms with Crippen molar-refractivity contribution in [3.05, 3.63) is 121 Å². The van der Waals surface area contributed by atoms with Gasteiger partial charge in [-0.3, -0.25) is 0 Å². The number of benzene rings is 2. The van der Waals surface area contributed by atoms with E-state index in [1.807, 2.05) is 88.5 Å². The zero-order valence-electron chi connectivity index (χ0n) is 21.4. The fraction of sp³-hybridized carbons (Fsp3) is 0.125. The number of nitrogens with zero attached hydrogens (tertiary/aromatic N) is 2. The van der Waals surface area contributed by atoms with Gasteiger partial charge in [-0.2, -0.15) is 14.7 Å². The number of pyridine rings is 2. The van der Waals surface area contributed by atoms with Crippen molar-refractivity contribution >= 4 is 24.1 Å². The van der Waals surface area contributed by atoms with Gasteiger partial charge in [-0.15, -0.1) is 11.6 Å². The molecule has 0 radical (unpaired) electrons. The fourth-order valence-corrected chi connectivity index (χ4v) is 3.73. The van der Waals surface area contributed by atoms with Crippen LogP contribution >= 0.6 is 0 Å². The highest BCUT2D eigenvalue weighted by Crippen LogP contribution is 2.17. The average Bonchev–Trinajstić information content (AvgIpc) is 2.96. The second-order valence-corrected chi connectivity index (χ2v) is 8.26. The number of hydrogen-bond donors (Lipinski definition) is 0. The van der Waals surface area contributed by atoms with Crippen LogP contribution in [0.15, 0.2) is 104 Å². The van der Waals surface area contributed by atoms with Crippen LogP contribution in [0.3, 0.4) is 0 Å². The molecule has 0 spiro atoms. The Balaban J connectivity index is 1.40. The van der Waals surface area contributed by atoms with Crippen LogP contribution in [0.5, 0.6) is 0 Å². The van der Waals surface area contributed by atoms with Gasteiger partial charge in [-0.25, -0.2) is 9.59 Å². The molecular weight excluding hydrogens is 476 g/mol. The van der Waals surface area contributed by atoms with E-state index in [0.717, 1.165) is 33.6 Å². The van der Waals surface area contributed by atoms with E-state index in [1.165, 1.54) is 12.2 Å². The lowest BCUT2D eigenvalue weighted by molar-refractivity contribution is -0.596. The van der Waals surface area contributed by atoms with Gasteiger partial charge in [0.25, 0.3) is 0 Å². The Bertz CT molecular complexity index is 1310. The first-order valence-electron chi connectivity index (χ1n) is 12.4. The number of hydrogen-bond acceptors (Lipinski definition) is 4. The van der Waals surface area contributed by atoms with Gasteiger partial charge >= 0.3 is 11.9 Å². The van der Waals surface area contributed by atoms with Crippen molar-refractivity contribution in [3.63, 3.8) is 0 Å². The topological polar surface area (TPSA) is 60.4 Å². The molecule has 0 saturated carbocycles. The molecule has 4 aromatic rings. The van der Waals surface area contributed by atoms with Gasteiger partial charge < -0.3 is 9.47 Å². The van der Waals surface area contributed by atoms with Gasteiger partial charge in [-0.05, 0) is 73.5 Å². The summed E-state index contributed by atoms with van der Waals surface area (Å²) in [4.78, 5) is 23.0. The molecule has 190 valence electrons. The van der Waals surface area contributed by atoms with Crippen LogP contribution in [0.1, 0.15) is 25.0 Å². The maximum atomic E-state index is 11.5. The Hall–Kier alpha value is -4.84. The molecular formula is C32H29N2O4+. The molecule has 0 unspecified atom stereocenters. The molecule has 2 aromatic heterocycles. The molecule has 0 atom stereocenters. The zero-order chi connectivity index (χ0) is 26.7. The summed E-state index contributed by atoms with van der Waals surface area (Å²) in [5.74, 6) is -0.691. The quantitative estimate of drug-likeness (QED) is 0.141. The third-order valence-electron chi connectivity index (χ3n) is 5.68. The fourth-order valence-electron chi connectivity index (χ4n) is 3.73. The third kappa shape index (κ3) is 7.11. The Labute approximate surface area is 222 Å². The van der Waals surface area contributed by atoms with E-state index in [0.29, 0.717) is 13.2 Å². The number of esters is 2. The molecule has 0 bridgehead atoms. The van der Waals surface area contributed by atoms with Crippen LogP contribution < -0.4 is 9.13 Å². The van der Waals surface area contributed by atoms with Crippen LogP contribution in [-0.4, -0.2) is 25.2 Å². The predicted molar refractivity (Wildman–Crippen MR) is 145 cm³/mol. The number of carbonyl (C=O) groups excluding carboxylic acids is 2. The highest BCUT2D eigenvalue weighted by atomic mass is 16.5. The number of rotatable bonds is 9. The SMILES string of the molecule is CCOC(=O)/C=C/c1ccc(-[n+]2c[c-]c(-c3cc[n+](-c4ccc(/C=C/C(=O)OCC)cc4)cc3)cc2)cc1. The van der Waals surface area contributed by atoms with Gasteiger partial charge in [-0.1, -0.05) is 6.07 Å². The lowest BCUT2D eigenvalue weighted by Gasteiger charge is -2.09. The number of ether oxygens (including phenoxy) is 2. The molecule has 0 aliphatic rings. The van der Waals surface area contributed by atoms with Crippen molar-refractivity contribution in [2.45, 2.75) is 13.8 Å². The maximum Gasteiger partial charge on any atom is 0.330 e. The second kappa shape index (κ2) is 12.9. The zero-order valence-corrected chi connectivity index (χ0v) is 21.4. The summed E-state index contributed by atoms with van der Waals surface area (Å²) in [6.45, 7) is 4.29. The Morgan fingerprint density at radius 1 is 0.684 bits per heavy atom. The summed E-state index contributed by atoms with van der Waals surface area (Å²) >= 11 is 0. The predicted octanol–water partition coefficient (Wildman–Crippen LogP) is 4.86. The van der Waals surface area contributed by atoms with Crippen molar-refractivity contribution < 1.29 is 28.2 Å². The summed E-state index contributed by atoms with van der Waals surface area (Å²) in [7, 11) is 0.